The SMILES string of the molecule is COc1ccc(N2C(C(C)=O)=NN(c3ccc(Cl)cc3)[C@@H]2c2ccccc2)cc1Cl. The first-order valence-electron chi connectivity index (χ1n) is 9.31. The van der Waals surface area contributed by atoms with E-state index in [1.54, 1.807) is 31.4 Å². The van der Waals surface area contributed by atoms with E-state index < -0.39 is 0 Å². The van der Waals surface area contributed by atoms with Crippen molar-refractivity contribution in [1.29, 1.82) is 0 Å². The largest absolute Gasteiger partial charge is 0.495 e. The maximum absolute atomic E-state index is 12.6. The van der Waals surface area contributed by atoms with Gasteiger partial charge in [-0.15, -0.1) is 5.10 Å². The molecule has 0 bridgehead atoms. The fourth-order valence-corrected chi connectivity index (χ4v) is 3.82. The third-order valence-corrected chi connectivity index (χ3v) is 5.37. The number of benzene rings is 3. The van der Waals surface area contributed by atoms with Gasteiger partial charge in [0.15, 0.2) is 17.8 Å². The van der Waals surface area contributed by atoms with Crippen LogP contribution in [0.1, 0.15) is 18.7 Å². The predicted octanol–water partition coefficient (Wildman–Crippen LogP) is 5.93. The molecule has 0 saturated heterocycles. The Kier molecular flexibility index (Phi) is 5.66. The number of ketones is 1. The molecule has 152 valence electrons. The first-order valence-corrected chi connectivity index (χ1v) is 10.1. The Bertz CT molecular complexity index is 1100. The maximum atomic E-state index is 12.6. The van der Waals surface area contributed by atoms with E-state index >= 15 is 0 Å². The Morgan fingerprint density at radius 3 is 2.23 bits per heavy atom. The van der Waals surface area contributed by atoms with Crippen molar-refractivity contribution in [2.24, 2.45) is 5.10 Å². The van der Waals surface area contributed by atoms with Crippen LogP contribution in [0.15, 0.2) is 77.9 Å². The van der Waals surface area contributed by atoms with Gasteiger partial charge in [-0.25, -0.2) is 5.01 Å². The van der Waals surface area contributed by atoms with E-state index in [0.29, 0.717) is 21.6 Å². The van der Waals surface area contributed by atoms with Crippen molar-refractivity contribution in [3.63, 3.8) is 0 Å². The van der Waals surface area contributed by atoms with Crippen LogP contribution in [0.3, 0.4) is 0 Å². The number of Topliss-reactive ketones (excluding diaryl/α,β-unsaturated/α-hetero) is 1. The van der Waals surface area contributed by atoms with Gasteiger partial charge in [0.25, 0.3) is 0 Å². The van der Waals surface area contributed by atoms with Crippen LogP contribution in [0.4, 0.5) is 11.4 Å². The molecule has 3 aromatic rings. The quantitative estimate of drug-likeness (QED) is 0.494. The zero-order valence-corrected chi connectivity index (χ0v) is 17.9. The third-order valence-electron chi connectivity index (χ3n) is 4.82. The number of ether oxygens (including phenoxy) is 1. The number of methoxy groups -OCH3 is 1. The second-order valence-electron chi connectivity index (χ2n) is 6.77. The molecule has 0 saturated carbocycles. The summed E-state index contributed by atoms with van der Waals surface area (Å²) in [6, 6.07) is 22.7. The number of carbonyl (C=O) groups excluding carboxylic acids is 1. The molecule has 0 aliphatic carbocycles. The van der Waals surface area contributed by atoms with E-state index in [-0.39, 0.29) is 11.9 Å². The topological polar surface area (TPSA) is 45.1 Å². The molecule has 0 amide bonds. The molecule has 0 spiro atoms. The molecule has 1 aliphatic rings. The number of carbonyl (C=O) groups is 1. The highest BCUT2D eigenvalue weighted by Crippen LogP contribution is 2.41. The van der Waals surface area contributed by atoms with Crippen LogP contribution in [0.5, 0.6) is 5.75 Å². The summed E-state index contributed by atoms with van der Waals surface area (Å²) in [5, 5.41) is 7.59. The summed E-state index contributed by atoms with van der Waals surface area (Å²) in [4.78, 5) is 14.5. The van der Waals surface area contributed by atoms with Gasteiger partial charge < -0.3 is 4.74 Å². The van der Waals surface area contributed by atoms with Crippen LogP contribution in [0.25, 0.3) is 0 Å². The summed E-state index contributed by atoms with van der Waals surface area (Å²) in [6.07, 6.45) is -0.379. The van der Waals surface area contributed by atoms with E-state index in [1.165, 1.54) is 6.92 Å². The van der Waals surface area contributed by atoms with Gasteiger partial charge in [-0.1, -0.05) is 53.5 Å². The van der Waals surface area contributed by atoms with Crippen molar-refractivity contribution in [2.45, 2.75) is 13.1 Å². The maximum Gasteiger partial charge on any atom is 0.198 e. The Morgan fingerprint density at radius 2 is 1.63 bits per heavy atom. The lowest BCUT2D eigenvalue weighted by Gasteiger charge is -2.32. The Balaban J connectivity index is 1.89. The molecule has 0 unspecified atom stereocenters. The molecule has 1 heterocycles. The van der Waals surface area contributed by atoms with Crippen molar-refractivity contribution in [1.82, 2.24) is 0 Å². The molecule has 1 aliphatic heterocycles. The first kappa shape index (κ1) is 20.3. The molecule has 5 nitrogen and oxygen atoms in total. The van der Waals surface area contributed by atoms with Gasteiger partial charge in [-0.05, 0) is 48.0 Å². The number of hydrogen-bond donors (Lipinski definition) is 0. The highest BCUT2D eigenvalue weighted by atomic mass is 35.5. The standard InChI is InChI=1S/C23H19Cl2N3O2/c1-15(29)22-26-28(18-10-8-17(24)9-11-18)23(16-6-4-3-5-7-16)27(22)19-12-13-21(30-2)20(25)14-19/h3-14,23H,1-2H3/t23-/m1/s1. The fraction of sp³-hybridized carbons (Fsp3) is 0.130. The van der Waals surface area contributed by atoms with Crippen LogP contribution < -0.4 is 14.6 Å². The first-order chi connectivity index (χ1) is 14.5. The van der Waals surface area contributed by atoms with Gasteiger partial charge in [0.1, 0.15) is 5.75 Å². The lowest BCUT2D eigenvalue weighted by Crippen LogP contribution is -2.37. The monoisotopic (exact) mass is 439 g/mol. The van der Waals surface area contributed by atoms with Crippen molar-refractivity contribution in [3.05, 3.63) is 88.4 Å². The number of hydrogen-bond acceptors (Lipinski definition) is 5. The zero-order valence-electron chi connectivity index (χ0n) is 16.4. The second kappa shape index (κ2) is 8.38. The van der Waals surface area contributed by atoms with Gasteiger partial charge in [-0.2, -0.15) is 0 Å². The van der Waals surface area contributed by atoms with Crippen molar-refractivity contribution >= 4 is 46.2 Å². The normalized spacial score (nSPS) is 15.9. The Labute approximate surface area is 185 Å². The van der Waals surface area contributed by atoms with Crippen molar-refractivity contribution in [2.75, 3.05) is 17.0 Å². The van der Waals surface area contributed by atoms with E-state index in [2.05, 4.69) is 5.10 Å². The van der Waals surface area contributed by atoms with Crippen LogP contribution >= 0.6 is 23.2 Å². The molecule has 0 radical (unpaired) electrons. The summed E-state index contributed by atoms with van der Waals surface area (Å²) in [6.45, 7) is 1.50. The van der Waals surface area contributed by atoms with Gasteiger partial charge in [-0.3, -0.25) is 9.69 Å². The number of hydrazone groups is 1. The molecular weight excluding hydrogens is 421 g/mol. The van der Waals surface area contributed by atoms with E-state index in [0.717, 1.165) is 16.9 Å². The van der Waals surface area contributed by atoms with Gasteiger partial charge in [0.05, 0.1) is 17.8 Å². The fourth-order valence-electron chi connectivity index (χ4n) is 3.45. The number of amidine groups is 1. The Hall–Kier alpha value is -3.02. The predicted molar refractivity (Wildman–Crippen MR) is 122 cm³/mol. The number of rotatable bonds is 5. The summed E-state index contributed by atoms with van der Waals surface area (Å²) >= 11 is 12.5. The molecule has 4 rings (SSSR count). The minimum absolute atomic E-state index is 0.153. The molecule has 7 heteroatoms. The van der Waals surface area contributed by atoms with Crippen LogP contribution in [0, 0.1) is 0 Å². The number of nitrogens with zero attached hydrogens (tertiary/aromatic N) is 3. The van der Waals surface area contributed by atoms with E-state index in [9.17, 15) is 4.79 Å². The number of anilines is 2. The highest BCUT2D eigenvalue weighted by Gasteiger charge is 2.39. The van der Waals surface area contributed by atoms with Crippen LogP contribution in [0.2, 0.25) is 10.0 Å². The molecule has 3 aromatic carbocycles. The summed E-state index contributed by atoms with van der Waals surface area (Å²) in [7, 11) is 1.56. The third kappa shape index (κ3) is 3.74. The number of halogens is 2. The van der Waals surface area contributed by atoms with Gasteiger partial charge in [0, 0.05) is 17.6 Å². The van der Waals surface area contributed by atoms with Crippen LogP contribution in [-0.4, -0.2) is 18.7 Å². The summed E-state index contributed by atoms with van der Waals surface area (Å²) in [5.74, 6) is 0.728. The summed E-state index contributed by atoms with van der Waals surface area (Å²) < 4.78 is 5.28. The van der Waals surface area contributed by atoms with E-state index in [4.69, 9.17) is 27.9 Å². The lowest BCUT2D eigenvalue weighted by atomic mass is 10.1. The smallest absolute Gasteiger partial charge is 0.198 e. The molecule has 0 aromatic heterocycles. The average Bonchev–Trinajstić information content (AvgIpc) is 3.16. The highest BCUT2D eigenvalue weighted by molar-refractivity contribution is 6.44. The van der Waals surface area contributed by atoms with Crippen molar-refractivity contribution in [3.8, 4) is 5.75 Å². The molecule has 1 atom stereocenters. The van der Waals surface area contributed by atoms with Crippen molar-refractivity contribution < 1.29 is 9.53 Å². The molecule has 30 heavy (non-hydrogen) atoms. The Morgan fingerprint density at radius 1 is 0.967 bits per heavy atom. The molecule has 0 fully saturated rings. The average molecular weight is 440 g/mol. The summed E-state index contributed by atoms with van der Waals surface area (Å²) in [5.41, 5.74) is 2.52. The minimum Gasteiger partial charge on any atom is -0.495 e. The zero-order chi connectivity index (χ0) is 21.3. The van der Waals surface area contributed by atoms with Crippen LogP contribution in [-0.2, 0) is 4.79 Å². The van der Waals surface area contributed by atoms with Gasteiger partial charge in [0.2, 0.25) is 0 Å². The molecule has 0 N–H and O–H groups in total. The van der Waals surface area contributed by atoms with Gasteiger partial charge >= 0.3 is 0 Å². The second-order valence-corrected chi connectivity index (χ2v) is 7.62. The minimum atomic E-state index is -0.379. The lowest BCUT2D eigenvalue weighted by molar-refractivity contribution is -0.111. The van der Waals surface area contributed by atoms with E-state index in [1.807, 2.05) is 58.4 Å². The molecular formula is C23H19Cl2N3O2.